The van der Waals surface area contributed by atoms with E-state index >= 15 is 0 Å². The number of benzene rings is 3. The first-order valence-corrected chi connectivity index (χ1v) is 11.2. The second-order valence-electron chi connectivity index (χ2n) is 8.17. The quantitative estimate of drug-likeness (QED) is 0.324. The van der Waals surface area contributed by atoms with Crippen LogP contribution in [0, 0.1) is 6.92 Å². The van der Waals surface area contributed by atoms with Crippen molar-refractivity contribution in [3.8, 4) is 0 Å². The van der Waals surface area contributed by atoms with Gasteiger partial charge < -0.3 is 10.2 Å². The van der Waals surface area contributed by atoms with E-state index in [9.17, 15) is 26.7 Å². The number of hydrogen-bond acceptors (Lipinski definition) is 2. The van der Waals surface area contributed by atoms with Crippen LogP contribution in [0.2, 0.25) is 5.02 Å². The maximum absolute atomic E-state index is 13.7. The third kappa shape index (κ3) is 6.31. The maximum Gasteiger partial charge on any atom is 0.458 e. The molecule has 0 heterocycles. The lowest BCUT2D eigenvalue weighted by Gasteiger charge is -2.25. The van der Waals surface area contributed by atoms with Crippen LogP contribution in [0.5, 0.6) is 0 Å². The maximum atomic E-state index is 13.7. The molecule has 0 aromatic heterocycles. The van der Waals surface area contributed by atoms with E-state index in [0.29, 0.717) is 28.3 Å². The summed E-state index contributed by atoms with van der Waals surface area (Å²) in [5, 5.41) is 3.31. The van der Waals surface area contributed by atoms with Crippen LogP contribution in [0.1, 0.15) is 32.6 Å². The molecule has 0 aliphatic heterocycles. The Morgan fingerprint density at radius 2 is 1.51 bits per heavy atom. The van der Waals surface area contributed by atoms with Crippen molar-refractivity contribution in [2.75, 3.05) is 18.9 Å². The van der Waals surface area contributed by atoms with Crippen LogP contribution in [0.25, 0.3) is 0 Å². The fourth-order valence-corrected chi connectivity index (χ4v) is 3.73. The Kier molecular flexibility index (Phi) is 8.05. The topological polar surface area (TPSA) is 32.3 Å². The molecule has 35 heavy (non-hydrogen) atoms. The second-order valence-corrected chi connectivity index (χ2v) is 8.61. The van der Waals surface area contributed by atoms with Crippen LogP contribution in [0.4, 0.5) is 27.6 Å². The zero-order valence-corrected chi connectivity index (χ0v) is 19.9. The number of halogens is 6. The highest BCUT2D eigenvalue weighted by Crippen LogP contribution is 2.43. The SMILES string of the molecule is CNc1ccc(Cl)cc1C(=O)N(CCc1ccc(C)cc1)Cc1ccc(C(F)(F)C(F)(F)F)cc1. The summed E-state index contributed by atoms with van der Waals surface area (Å²) < 4.78 is 65.4. The molecule has 0 bridgehead atoms. The number of anilines is 1. The van der Waals surface area contributed by atoms with E-state index in [-0.39, 0.29) is 19.0 Å². The predicted molar refractivity (Wildman–Crippen MR) is 127 cm³/mol. The van der Waals surface area contributed by atoms with E-state index in [0.717, 1.165) is 23.3 Å². The van der Waals surface area contributed by atoms with Crippen molar-refractivity contribution in [3.05, 3.63) is 99.6 Å². The molecular weight excluding hydrogens is 487 g/mol. The van der Waals surface area contributed by atoms with Gasteiger partial charge in [0.05, 0.1) is 5.56 Å². The average molecular weight is 511 g/mol. The zero-order chi connectivity index (χ0) is 25.8. The number of carbonyl (C=O) groups excluding carboxylic acids is 1. The molecule has 0 saturated carbocycles. The molecule has 0 saturated heterocycles. The lowest BCUT2D eigenvalue weighted by atomic mass is 10.0. The van der Waals surface area contributed by atoms with Crippen molar-refractivity contribution in [1.29, 1.82) is 0 Å². The summed E-state index contributed by atoms with van der Waals surface area (Å²) in [5.74, 6) is -5.32. The fourth-order valence-electron chi connectivity index (χ4n) is 3.56. The fraction of sp³-hybridized carbons (Fsp3) is 0.269. The highest BCUT2D eigenvalue weighted by Gasteiger charge is 2.58. The van der Waals surface area contributed by atoms with Crippen LogP contribution in [0.3, 0.4) is 0 Å². The first kappa shape index (κ1) is 26.5. The molecule has 0 atom stereocenters. The van der Waals surface area contributed by atoms with Crippen molar-refractivity contribution in [3.63, 3.8) is 0 Å². The molecule has 3 rings (SSSR count). The number of rotatable bonds is 8. The first-order valence-electron chi connectivity index (χ1n) is 10.8. The lowest BCUT2D eigenvalue weighted by Crippen LogP contribution is -2.34. The minimum Gasteiger partial charge on any atom is -0.387 e. The van der Waals surface area contributed by atoms with Gasteiger partial charge in [0.25, 0.3) is 5.91 Å². The van der Waals surface area contributed by atoms with E-state index in [2.05, 4.69) is 5.32 Å². The van der Waals surface area contributed by atoms with Crippen LogP contribution in [-0.2, 0) is 18.9 Å². The monoisotopic (exact) mass is 510 g/mol. The van der Waals surface area contributed by atoms with Gasteiger partial charge in [-0.25, -0.2) is 0 Å². The van der Waals surface area contributed by atoms with Crippen LogP contribution in [0.15, 0.2) is 66.7 Å². The van der Waals surface area contributed by atoms with Crippen molar-refractivity contribution in [2.45, 2.75) is 32.0 Å². The molecule has 3 aromatic carbocycles. The summed E-state index contributed by atoms with van der Waals surface area (Å²) in [5.41, 5.74) is 2.23. The van der Waals surface area contributed by atoms with Gasteiger partial charge in [-0.2, -0.15) is 22.0 Å². The number of hydrogen-bond donors (Lipinski definition) is 1. The molecule has 0 spiro atoms. The highest BCUT2D eigenvalue weighted by molar-refractivity contribution is 6.31. The zero-order valence-electron chi connectivity index (χ0n) is 19.1. The van der Waals surface area contributed by atoms with E-state index in [1.54, 1.807) is 19.2 Å². The van der Waals surface area contributed by atoms with E-state index < -0.39 is 17.7 Å². The van der Waals surface area contributed by atoms with Crippen LogP contribution >= 0.6 is 11.6 Å². The van der Waals surface area contributed by atoms with Crippen molar-refractivity contribution in [2.24, 2.45) is 0 Å². The third-order valence-corrected chi connectivity index (χ3v) is 5.84. The van der Waals surface area contributed by atoms with Gasteiger partial charge in [-0.05, 0) is 42.7 Å². The molecule has 9 heteroatoms. The summed E-state index contributed by atoms with van der Waals surface area (Å²) in [4.78, 5) is 15.0. The molecule has 1 N–H and O–H groups in total. The molecular formula is C26H24ClF5N2O. The summed E-state index contributed by atoms with van der Waals surface area (Å²) >= 11 is 6.11. The third-order valence-electron chi connectivity index (χ3n) is 5.61. The summed E-state index contributed by atoms with van der Waals surface area (Å²) in [6.45, 7) is 2.26. The number of carbonyl (C=O) groups is 1. The standard InChI is InChI=1S/C26H24ClF5N2O/c1-17-3-5-18(6-4-17)13-14-34(24(35)22-15-21(27)11-12-23(22)33-2)16-19-7-9-20(10-8-19)25(28,29)26(30,31)32/h3-12,15,33H,13-14,16H2,1-2H3. The van der Waals surface area contributed by atoms with Gasteiger partial charge in [-0.1, -0.05) is 65.7 Å². The van der Waals surface area contributed by atoms with Gasteiger partial charge in [0, 0.05) is 36.4 Å². The Morgan fingerprint density at radius 3 is 2.09 bits per heavy atom. The first-order chi connectivity index (χ1) is 16.4. The van der Waals surface area contributed by atoms with Gasteiger partial charge >= 0.3 is 12.1 Å². The molecule has 0 aliphatic carbocycles. The second kappa shape index (κ2) is 10.6. The lowest BCUT2D eigenvalue weighted by molar-refractivity contribution is -0.289. The number of aryl methyl sites for hydroxylation is 1. The van der Waals surface area contributed by atoms with E-state index in [1.165, 1.54) is 23.1 Å². The van der Waals surface area contributed by atoms with Gasteiger partial charge in [-0.15, -0.1) is 0 Å². The number of amides is 1. The average Bonchev–Trinajstić information content (AvgIpc) is 2.82. The smallest absolute Gasteiger partial charge is 0.387 e. The van der Waals surface area contributed by atoms with E-state index in [4.69, 9.17) is 11.6 Å². The summed E-state index contributed by atoms with van der Waals surface area (Å²) in [7, 11) is 1.66. The van der Waals surface area contributed by atoms with Gasteiger partial charge in [0.2, 0.25) is 0 Å². The normalized spacial score (nSPS) is 11.9. The Hall–Kier alpha value is -3.13. The number of alkyl halides is 5. The summed E-state index contributed by atoms with van der Waals surface area (Å²) in [6, 6.07) is 16.5. The van der Waals surface area contributed by atoms with Gasteiger partial charge in [0.1, 0.15) is 0 Å². The Bertz CT molecular complexity index is 1160. The van der Waals surface area contributed by atoms with Gasteiger partial charge in [-0.3, -0.25) is 4.79 Å². The number of nitrogens with zero attached hydrogens (tertiary/aromatic N) is 1. The molecule has 0 fully saturated rings. The Labute approximate surface area is 205 Å². The van der Waals surface area contributed by atoms with Crippen LogP contribution in [-0.4, -0.2) is 30.6 Å². The predicted octanol–water partition coefficient (Wildman–Crippen LogP) is 7.23. The summed E-state index contributed by atoms with van der Waals surface area (Å²) in [6.07, 6.45) is -5.17. The van der Waals surface area contributed by atoms with E-state index in [1.807, 2.05) is 31.2 Å². The molecule has 186 valence electrons. The minimum absolute atomic E-state index is 0.0121. The van der Waals surface area contributed by atoms with Crippen LogP contribution < -0.4 is 5.32 Å². The molecule has 0 unspecified atom stereocenters. The minimum atomic E-state index is -5.69. The molecule has 1 amide bonds. The molecule has 0 radical (unpaired) electrons. The van der Waals surface area contributed by atoms with Crippen molar-refractivity contribution in [1.82, 2.24) is 4.90 Å². The number of nitrogens with one attached hydrogen (secondary N) is 1. The Balaban J connectivity index is 1.88. The largest absolute Gasteiger partial charge is 0.458 e. The van der Waals surface area contributed by atoms with Crippen molar-refractivity contribution < 1.29 is 26.7 Å². The van der Waals surface area contributed by atoms with Gasteiger partial charge in [0.15, 0.2) is 0 Å². The molecule has 3 nitrogen and oxygen atoms in total. The van der Waals surface area contributed by atoms with Crippen molar-refractivity contribution >= 4 is 23.2 Å². The Morgan fingerprint density at radius 1 is 0.914 bits per heavy atom. The molecule has 0 aliphatic rings. The highest BCUT2D eigenvalue weighted by atomic mass is 35.5. The molecule has 3 aromatic rings.